The number of ether oxygens (including phenoxy) is 1. The molecule has 0 aromatic heterocycles. The van der Waals surface area contributed by atoms with E-state index in [0.717, 1.165) is 38.4 Å². The normalized spacial score (nSPS) is 9.57. The average molecular weight is 424 g/mol. The van der Waals surface area contributed by atoms with E-state index in [2.05, 4.69) is 0 Å². The van der Waals surface area contributed by atoms with Gasteiger partial charge in [0.05, 0.1) is 12.2 Å². The van der Waals surface area contributed by atoms with Crippen LogP contribution < -0.4 is 16.2 Å². The zero-order chi connectivity index (χ0) is 22.9. The topological polar surface area (TPSA) is 179 Å². The summed E-state index contributed by atoms with van der Waals surface area (Å²) in [5.74, 6) is -1.29. The molecule has 0 aliphatic rings. The quantitative estimate of drug-likeness (QED) is 0.190. The molecular formula is C21H32N2O7. The van der Waals surface area contributed by atoms with Gasteiger partial charge in [-0.1, -0.05) is 19.4 Å². The van der Waals surface area contributed by atoms with Crippen LogP contribution in [0.4, 0.5) is 0 Å². The van der Waals surface area contributed by atoms with Gasteiger partial charge in [-0.05, 0) is 44.5 Å². The van der Waals surface area contributed by atoms with Crippen molar-refractivity contribution in [3.8, 4) is 34.5 Å². The van der Waals surface area contributed by atoms with E-state index in [1.54, 1.807) is 0 Å². The van der Waals surface area contributed by atoms with Crippen molar-refractivity contribution in [3.05, 3.63) is 35.9 Å². The second-order valence-corrected chi connectivity index (χ2v) is 6.13. The molecule has 0 bridgehead atoms. The largest absolute Gasteiger partial charge is 0.508 e. The van der Waals surface area contributed by atoms with Crippen LogP contribution in [0, 0.1) is 0 Å². The molecule has 2 rings (SSSR count). The number of nitrogens with two attached hydrogens (primary N) is 2. The highest BCUT2D eigenvalue weighted by Crippen LogP contribution is 2.33. The van der Waals surface area contributed by atoms with Crippen LogP contribution in [-0.4, -0.2) is 51.5 Å². The Balaban J connectivity index is 0.000000454. The number of hydrogen-bond donors (Lipinski definition) is 7. The van der Waals surface area contributed by atoms with Crippen molar-refractivity contribution in [2.75, 3.05) is 19.7 Å². The SMILES string of the molecule is CCCOc1cc(O)cc(O)c1C=O.NCCCCCN.Oc1cccc(O)c1O. The van der Waals surface area contributed by atoms with Gasteiger partial charge >= 0.3 is 0 Å². The van der Waals surface area contributed by atoms with Gasteiger partial charge < -0.3 is 41.7 Å². The van der Waals surface area contributed by atoms with Crippen LogP contribution in [0.25, 0.3) is 0 Å². The molecule has 2 aromatic rings. The summed E-state index contributed by atoms with van der Waals surface area (Å²) in [7, 11) is 0. The standard InChI is InChI=1S/C10H12O4.C6H6O3.C5H14N2/c1-2-3-14-10-5-7(12)4-9(13)8(10)6-11;7-4-2-1-3-5(8)6(4)9;6-4-2-1-3-5-7/h4-6,12-13H,2-3H2,1H3;1-3,7-9H;1-7H2. The van der Waals surface area contributed by atoms with E-state index in [4.69, 9.17) is 36.6 Å². The Morgan fingerprint density at radius 2 is 1.47 bits per heavy atom. The fourth-order valence-corrected chi connectivity index (χ4v) is 2.03. The van der Waals surface area contributed by atoms with E-state index in [1.807, 2.05) is 6.92 Å². The predicted molar refractivity (Wildman–Crippen MR) is 114 cm³/mol. The second-order valence-electron chi connectivity index (χ2n) is 6.13. The van der Waals surface area contributed by atoms with Crippen molar-refractivity contribution >= 4 is 6.29 Å². The molecule has 0 unspecified atom stereocenters. The van der Waals surface area contributed by atoms with Gasteiger partial charge in [-0.25, -0.2) is 0 Å². The number of hydrogen-bond acceptors (Lipinski definition) is 9. The Morgan fingerprint density at radius 3 is 1.90 bits per heavy atom. The summed E-state index contributed by atoms with van der Waals surface area (Å²) < 4.78 is 5.19. The third-order valence-corrected chi connectivity index (χ3v) is 3.59. The van der Waals surface area contributed by atoms with Gasteiger partial charge in [0.15, 0.2) is 23.5 Å². The van der Waals surface area contributed by atoms with Crippen molar-refractivity contribution in [1.29, 1.82) is 0 Å². The van der Waals surface area contributed by atoms with Gasteiger partial charge in [0.1, 0.15) is 17.2 Å². The zero-order valence-corrected chi connectivity index (χ0v) is 17.1. The number of aromatic hydroxyl groups is 5. The number of carbonyl (C=O) groups is 1. The van der Waals surface area contributed by atoms with Crippen LogP contribution in [0.5, 0.6) is 34.5 Å². The van der Waals surface area contributed by atoms with Crippen molar-refractivity contribution in [2.45, 2.75) is 32.6 Å². The highest BCUT2D eigenvalue weighted by Gasteiger charge is 2.10. The lowest BCUT2D eigenvalue weighted by Gasteiger charge is -2.08. The Kier molecular flexibility index (Phi) is 14.1. The molecule has 0 saturated heterocycles. The first-order valence-corrected chi connectivity index (χ1v) is 9.56. The zero-order valence-electron chi connectivity index (χ0n) is 17.1. The Labute approximate surface area is 176 Å². The van der Waals surface area contributed by atoms with Crippen LogP contribution in [-0.2, 0) is 0 Å². The number of unbranched alkanes of at least 4 members (excludes halogenated alkanes) is 2. The summed E-state index contributed by atoms with van der Waals surface area (Å²) in [5.41, 5.74) is 10.5. The van der Waals surface area contributed by atoms with Crippen molar-refractivity contribution < 1.29 is 35.1 Å². The number of benzene rings is 2. The molecule has 0 radical (unpaired) electrons. The molecule has 30 heavy (non-hydrogen) atoms. The van der Waals surface area contributed by atoms with Crippen LogP contribution in [0.2, 0.25) is 0 Å². The van der Waals surface area contributed by atoms with Crippen molar-refractivity contribution in [2.24, 2.45) is 11.5 Å². The highest BCUT2D eigenvalue weighted by atomic mass is 16.5. The van der Waals surface area contributed by atoms with Crippen LogP contribution in [0.1, 0.15) is 43.0 Å². The second kappa shape index (κ2) is 15.7. The number of phenolic OH excluding ortho intramolecular Hbond substituents is 5. The van der Waals surface area contributed by atoms with Crippen LogP contribution in [0.3, 0.4) is 0 Å². The minimum absolute atomic E-state index is 0.0660. The molecule has 9 nitrogen and oxygen atoms in total. The lowest BCUT2D eigenvalue weighted by Crippen LogP contribution is -2.02. The third kappa shape index (κ3) is 10.4. The smallest absolute Gasteiger partial charge is 0.200 e. The van der Waals surface area contributed by atoms with Gasteiger partial charge in [0.2, 0.25) is 0 Å². The fraction of sp³-hybridized carbons (Fsp3) is 0.381. The van der Waals surface area contributed by atoms with E-state index in [-0.39, 0.29) is 34.3 Å². The molecule has 9 N–H and O–H groups in total. The van der Waals surface area contributed by atoms with E-state index in [1.165, 1.54) is 30.7 Å². The van der Waals surface area contributed by atoms with E-state index >= 15 is 0 Å². The summed E-state index contributed by atoms with van der Waals surface area (Å²) in [4.78, 5) is 10.6. The summed E-state index contributed by atoms with van der Waals surface area (Å²) in [6.45, 7) is 3.97. The molecule has 9 heteroatoms. The number of carbonyl (C=O) groups excluding carboxylic acids is 1. The molecule has 0 aliphatic heterocycles. The molecule has 0 spiro atoms. The summed E-state index contributed by atoms with van der Waals surface area (Å²) in [6.07, 6.45) is 4.72. The minimum Gasteiger partial charge on any atom is -0.508 e. The van der Waals surface area contributed by atoms with Gasteiger partial charge in [-0.2, -0.15) is 0 Å². The molecule has 168 valence electrons. The molecule has 0 amide bonds. The first-order valence-electron chi connectivity index (χ1n) is 9.56. The molecular weight excluding hydrogens is 392 g/mol. The number of phenols is 5. The van der Waals surface area contributed by atoms with E-state index in [0.29, 0.717) is 12.9 Å². The monoisotopic (exact) mass is 424 g/mol. The highest BCUT2D eigenvalue weighted by molar-refractivity contribution is 5.84. The molecule has 0 heterocycles. The van der Waals surface area contributed by atoms with Crippen LogP contribution in [0.15, 0.2) is 30.3 Å². The minimum atomic E-state index is -0.475. The van der Waals surface area contributed by atoms with Gasteiger partial charge in [-0.3, -0.25) is 4.79 Å². The predicted octanol–water partition coefficient (Wildman–Crippen LogP) is 2.58. The molecule has 0 atom stereocenters. The van der Waals surface area contributed by atoms with E-state index in [9.17, 15) is 9.90 Å². The summed E-state index contributed by atoms with van der Waals surface area (Å²) in [6, 6.07) is 6.41. The third-order valence-electron chi connectivity index (χ3n) is 3.59. The maximum atomic E-state index is 10.6. The molecule has 0 fully saturated rings. The maximum Gasteiger partial charge on any atom is 0.200 e. The summed E-state index contributed by atoms with van der Waals surface area (Å²) in [5, 5.41) is 44.5. The number of para-hydroxylation sites is 1. The van der Waals surface area contributed by atoms with Gasteiger partial charge in [0.25, 0.3) is 0 Å². The number of rotatable bonds is 8. The van der Waals surface area contributed by atoms with Crippen molar-refractivity contribution in [1.82, 2.24) is 0 Å². The maximum absolute atomic E-state index is 10.6. The molecule has 0 saturated carbocycles. The van der Waals surface area contributed by atoms with Crippen LogP contribution >= 0.6 is 0 Å². The molecule has 0 aliphatic carbocycles. The Morgan fingerprint density at radius 1 is 0.900 bits per heavy atom. The number of aldehydes is 1. The van der Waals surface area contributed by atoms with Gasteiger partial charge in [-0.15, -0.1) is 0 Å². The summed E-state index contributed by atoms with van der Waals surface area (Å²) >= 11 is 0. The average Bonchev–Trinajstić information content (AvgIpc) is 2.71. The first kappa shape index (κ1) is 26.8. The Bertz CT molecular complexity index is 730. The molecule has 2 aromatic carbocycles. The lowest BCUT2D eigenvalue weighted by molar-refractivity contribution is 0.111. The van der Waals surface area contributed by atoms with Gasteiger partial charge in [0, 0.05) is 12.1 Å². The van der Waals surface area contributed by atoms with E-state index < -0.39 is 5.75 Å². The lowest BCUT2D eigenvalue weighted by atomic mass is 10.2. The van der Waals surface area contributed by atoms with Crippen molar-refractivity contribution in [3.63, 3.8) is 0 Å². The Hall–Kier alpha value is -3.17. The fourth-order valence-electron chi connectivity index (χ4n) is 2.03. The first-order chi connectivity index (χ1) is 14.3.